The molecule has 0 unspecified atom stereocenters. The summed E-state index contributed by atoms with van der Waals surface area (Å²) < 4.78 is 3.06. The Balaban J connectivity index is 2.15. The predicted molar refractivity (Wildman–Crippen MR) is 61.4 cm³/mol. The largest absolute Gasteiger partial charge is 0.368 e. The molecule has 0 radical (unpaired) electrons. The van der Waals surface area contributed by atoms with Gasteiger partial charge in [0.1, 0.15) is 5.69 Å². The normalized spacial score (nSPS) is 10.7. The third-order valence-corrected chi connectivity index (χ3v) is 2.29. The lowest BCUT2D eigenvalue weighted by atomic mass is 10.4. The van der Waals surface area contributed by atoms with E-state index in [2.05, 4.69) is 30.4 Å². The number of aromatic nitrogens is 8. The topological polar surface area (TPSA) is 113 Å². The van der Waals surface area contributed by atoms with Gasteiger partial charge in [0, 0.05) is 19.4 Å². The van der Waals surface area contributed by atoms with Crippen LogP contribution in [-0.2, 0) is 7.05 Å². The fraction of sp³-hybridized carbons (Fsp3) is 0.111. The van der Waals surface area contributed by atoms with Gasteiger partial charge >= 0.3 is 0 Å². The molecule has 0 aliphatic rings. The van der Waals surface area contributed by atoms with E-state index in [9.17, 15) is 0 Å². The molecule has 3 heterocycles. The summed E-state index contributed by atoms with van der Waals surface area (Å²) in [5, 5.41) is 11.6. The van der Waals surface area contributed by atoms with Crippen LogP contribution in [0.1, 0.15) is 0 Å². The highest BCUT2D eigenvalue weighted by atomic mass is 15.4. The molecule has 0 spiro atoms. The van der Waals surface area contributed by atoms with Crippen molar-refractivity contribution in [2.45, 2.75) is 0 Å². The molecule has 0 bridgehead atoms. The maximum absolute atomic E-state index is 5.67. The monoisotopic (exact) mass is 243 g/mol. The molecule has 90 valence electrons. The number of rotatable bonds is 2. The Labute approximate surface area is 101 Å². The number of nitrogens with zero attached hydrogens (tertiary/aromatic N) is 8. The van der Waals surface area contributed by atoms with Crippen LogP contribution < -0.4 is 5.73 Å². The smallest absolute Gasteiger partial charge is 0.255 e. The van der Waals surface area contributed by atoms with Gasteiger partial charge in [-0.05, 0) is 6.07 Å². The molecule has 2 N–H and O–H groups in total. The van der Waals surface area contributed by atoms with Crippen molar-refractivity contribution in [3.63, 3.8) is 0 Å². The lowest BCUT2D eigenvalue weighted by Gasteiger charge is -2.04. The molecule has 18 heavy (non-hydrogen) atoms. The van der Waals surface area contributed by atoms with E-state index in [1.165, 1.54) is 4.68 Å². The summed E-state index contributed by atoms with van der Waals surface area (Å²) >= 11 is 0. The van der Waals surface area contributed by atoms with Crippen LogP contribution in [0.5, 0.6) is 0 Å². The molecule has 0 aliphatic heterocycles. The maximum Gasteiger partial charge on any atom is 0.255 e. The van der Waals surface area contributed by atoms with Crippen molar-refractivity contribution in [2.75, 3.05) is 5.73 Å². The SMILES string of the molecule is Cn1nncc1-c1nc(N)nc(-n2cccn2)n1. The molecule has 0 amide bonds. The zero-order valence-corrected chi connectivity index (χ0v) is 9.46. The molecule has 0 atom stereocenters. The fourth-order valence-corrected chi connectivity index (χ4v) is 1.48. The number of aryl methyl sites for hydroxylation is 1. The Hall–Kier alpha value is -2.84. The van der Waals surface area contributed by atoms with Gasteiger partial charge in [0.2, 0.25) is 5.95 Å². The molecule has 3 rings (SSSR count). The van der Waals surface area contributed by atoms with Crippen molar-refractivity contribution in [3.8, 4) is 17.5 Å². The number of hydrogen-bond acceptors (Lipinski definition) is 7. The van der Waals surface area contributed by atoms with Gasteiger partial charge in [-0.2, -0.15) is 20.1 Å². The number of nitrogen functional groups attached to an aromatic ring is 1. The summed E-state index contributed by atoms with van der Waals surface area (Å²) in [5.41, 5.74) is 6.32. The number of hydrogen-bond donors (Lipinski definition) is 1. The number of anilines is 1. The van der Waals surface area contributed by atoms with Crippen LogP contribution in [0.3, 0.4) is 0 Å². The van der Waals surface area contributed by atoms with Gasteiger partial charge in [0.25, 0.3) is 5.95 Å². The van der Waals surface area contributed by atoms with Crippen LogP contribution in [0.4, 0.5) is 5.95 Å². The van der Waals surface area contributed by atoms with Gasteiger partial charge < -0.3 is 5.73 Å². The van der Waals surface area contributed by atoms with E-state index >= 15 is 0 Å². The Morgan fingerprint density at radius 3 is 2.78 bits per heavy atom. The first-order chi connectivity index (χ1) is 8.74. The summed E-state index contributed by atoms with van der Waals surface area (Å²) in [7, 11) is 1.75. The highest BCUT2D eigenvalue weighted by Crippen LogP contribution is 2.13. The van der Waals surface area contributed by atoms with E-state index in [0.717, 1.165) is 0 Å². The van der Waals surface area contributed by atoms with Crippen molar-refractivity contribution in [1.29, 1.82) is 0 Å². The molecule has 0 aliphatic carbocycles. The van der Waals surface area contributed by atoms with Crippen molar-refractivity contribution in [1.82, 2.24) is 39.7 Å². The minimum absolute atomic E-state index is 0.117. The summed E-state index contributed by atoms with van der Waals surface area (Å²) in [6.07, 6.45) is 4.91. The molecular weight excluding hydrogens is 234 g/mol. The van der Waals surface area contributed by atoms with Crippen LogP contribution >= 0.6 is 0 Å². The van der Waals surface area contributed by atoms with Crippen LogP contribution in [-0.4, -0.2) is 39.7 Å². The lowest BCUT2D eigenvalue weighted by Crippen LogP contribution is -2.09. The number of nitrogens with two attached hydrogens (primary N) is 1. The zero-order valence-electron chi connectivity index (χ0n) is 9.46. The standard InChI is InChI=1S/C9H9N9/c1-17-6(5-11-16-17)7-13-8(10)15-9(14-7)18-4-2-3-12-18/h2-5H,1H3,(H2,10,13,14,15). The minimum Gasteiger partial charge on any atom is -0.368 e. The van der Waals surface area contributed by atoms with Crippen LogP contribution in [0.25, 0.3) is 17.5 Å². The molecule has 3 aromatic rings. The quantitative estimate of drug-likeness (QED) is 0.641. The second-order valence-electron chi connectivity index (χ2n) is 3.51. The second kappa shape index (κ2) is 3.87. The van der Waals surface area contributed by atoms with E-state index in [-0.39, 0.29) is 5.95 Å². The fourth-order valence-electron chi connectivity index (χ4n) is 1.48. The molecule has 0 aromatic carbocycles. The summed E-state index contributed by atoms with van der Waals surface area (Å²) in [4.78, 5) is 12.4. The Kier molecular flexibility index (Phi) is 2.22. The Morgan fingerprint density at radius 1 is 1.22 bits per heavy atom. The third kappa shape index (κ3) is 1.67. The van der Waals surface area contributed by atoms with E-state index in [1.807, 2.05) is 0 Å². The van der Waals surface area contributed by atoms with Gasteiger partial charge in [-0.15, -0.1) is 5.10 Å². The van der Waals surface area contributed by atoms with Crippen molar-refractivity contribution < 1.29 is 0 Å². The maximum atomic E-state index is 5.67. The molecule has 3 aromatic heterocycles. The lowest BCUT2D eigenvalue weighted by molar-refractivity contribution is 0.715. The second-order valence-corrected chi connectivity index (χ2v) is 3.51. The first-order valence-electron chi connectivity index (χ1n) is 5.10. The van der Waals surface area contributed by atoms with E-state index in [0.29, 0.717) is 17.5 Å². The van der Waals surface area contributed by atoms with Gasteiger partial charge in [0.15, 0.2) is 5.82 Å². The molecule has 0 saturated heterocycles. The summed E-state index contributed by atoms with van der Waals surface area (Å²) in [5.74, 6) is 0.871. The van der Waals surface area contributed by atoms with Crippen molar-refractivity contribution in [3.05, 3.63) is 24.7 Å². The van der Waals surface area contributed by atoms with Gasteiger partial charge in [-0.3, -0.25) is 0 Å². The van der Waals surface area contributed by atoms with Gasteiger partial charge in [0.05, 0.1) is 6.20 Å². The highest BCUT2D eigenvalue weighted by Gasteiger charge is 2.11. The molecule has 0 saturated carbocycles. The molecule has 9 nitrogen and oxygen atoms in total. The van der Waals surface area contributed by atoms with Crippen molar-refractivity contribution in [2.24, 2.45) is 7.05 Å². The summed E-state index contributed by atoms with van der Waals surface area (Å²) in [6.45, 7) is 0. The predicted octanol–water partition coefficient (Wildman–Crippen LogP) is -0.565. The van der Waals surface area contributed by atoms with Crippen LogP contribution in [0.2, 0.25) is 0 Å². The van der Waals surface area contributed by atoms with E-state index in [4.69, 9.17) is 5.73 Å². The van der Waals surface area contributed by atoms with E-state index < -0.39 is 0 Å². The van der Waals surface area contributed by atoms with Crippen molar-refractivity contribution >= 4 is 5.95 Å². The zero-order chi connectivity index (χ0) is 12.5. The molecular formula is C9H9N9. The summed E-state index contributed by atoms with van der Waals surface area (Å²) in [6, 6.07) is 1.77. The average molecular weight is 243 g/mol. The Bertz CT molecular complexity index is 669. The van der Waals surface area contributed by atoms with Gasteiger partial charge in [-0.25, -0.2) is 9.36 Å². The molecule has 9 heteroatoms. The average Bonchev–Trinajstić information content (AvgIpc) is 2.98. The third-order valence-electron chi connectivity index (χ3n) is 2.29. The minimum atomic E-state index is 0.117. The molecule has 0 fully saturated rings. The van der Waals surface area contributed by atoms with Crippen LogP contribution in [0, 0.1) is 0 Å². The first kappa shape index (κ1) is 10.3. The van der Waals surface area contributed by atoms with E-state index in [1.54, 1.807) is 36.4 Å². The van der Waals surface area contributed by atoms with Gasteiger partial charge in [-0.1, -0.05) is 5.21 Å². The highest BCUT2D eigenvalue weighted by molar-refractivity contribution is 5.50. The Morgan fingerprint density at radius 2 is 2.11 bits per heavy atom. The first-order valence-corrected chi connectivity index (χ1v) is 5.10. The van der Waals surface area contributed by atoms with Crippen LogP contribution in [0.15, 0.2) is 24.7 Å².